The first-order valence-corrected chi connectivity index (χ1v) is 7.72. The van der Waals surface area contributed by atoms with Crippen LogP contribution in [0.5, 0.6) is 11.5 Å². The van der Waals surface area contributed by atoms with Gasteiger partial charge in [-0.2, -0.15) is 0 Å². The second kappa shape index (κ2) is 8.19. The van der Waals surface area contributed by atoms with Crippen LogP contribution >= 0.6 is 0 Å². The number of carbonyl (C=O) groups excluding carboxylic acids is 2. The molecule has 0 aliphatic carbocycles. The van der Waals surface area contributed by atoms with Crippen LogP contribution in [0.2, 0.25) is 0 Å². The monoisotopic (exact) mass is 343 g/mol. The minimum absolute atomic E-state index is 0.264. The van der Waals surface area contributed by atoms with Crippen molar-refractivity contribution in [2.24, 2.45) is 0 Å². The van der Waals surface area contributed by atoms with Crippen molar-refractivity contribution in [3.63, 3.8) is 0 Å². The second-order valence-corrected chi connectivity index (χ2v) is 5.47. The van der Waals surface area contributed by atoms with Crippen molar-refractivity contribution in [3.8, 4) is 11.5 Å². The highest BCUT2D eigenvalue weighted by atomic mass is 16.5. The number of amides is 1. The summed E-state index contributed by atoms with van der Waals surface area (Å²) < 4.78 is 15.5. The van der Waals surface area contributed by atoms with E-state index >= 15 is 0 Å². The normalized spacial score (nSPS) is 12.6. The van der Waals surface area contributed by atoms with Crippen LogP contribution in [0.3, 0.4) is 0 Å². The Morgan fingerprint density at radius 3 is 2.16 bits per heavy atom. The Hall–Kier alpha value is -3.02. The van der Waals surface area contributed by atoms with Crippen molar-refractivity contribution in [2.45, 2.75) is 12.5 Å². The van der Waals surface area contributed by atoms with E-state index in [4.69, 9.17) is 14.2 Å². The molecule has 0 aliphatic rings. The van der Waals surface area contributed by atoms with Gasteiger partial charge in [0.05, 0.1) is 14.2 Å². The maximum Gasteiger partial charge on any atom is 0.336 e. The molecule has 0 bridgehead atoms. The lowest BCUT2D eigenvalue weighted by molar-refractivity contribution is -0.151. The molecule has 2 aromatic carbocycles. The molecule has 25 heavy (non-hydrogen) atoms. The van der Waals surface area contributed by atoms with Crippen LogP contribution in [0.1, 0.15) is 12.5 Å². The quantitative estimate of drug-likeness (QED) is 0.781. The third kappa shape index (κ3) is 4.29. The Labute approximate surface area is 146 Å². The standard InChI is InChI=1S/C19H21NO5/c1-19(18(22)24-3,14-9-5-4-6-10-14)20-17(21)13-25-16-12-8-7-11-15(16)23-2/h4-12H,13H2,1-3H3,(H,20,21)/t19-/m1/s1. The summed E-state index contributed by atoms with van der Waals surface area (Å²) in [4.78, 5) is 24.6. The molecular formula is C19H21NO5. The Bertz CT molecular complexity index is 732. The number of hydrogen-bond donors (Lipinski definition) is 1. The van der Waals surface area contributed by atoms with Crippen molar-refractivity contribution in [1.82, 2.24) is 5.32 Å². The van der Waals surface area contributed by atoms with Gasteiger partial charge >= 0.3 is 5.97 Å². The van der Waals surface area contributed by atoms with Gasteiger partial charge < -0.3 is 19.5 Å². The fraction of sp³-hybridized carbons (Fsp3) is 0.263. The van der Waals surface area contributed by atoms with E-state index in [2.05, 4.69) is 5.32 Å². The van der Waals surface area contributed by atoms with E-state index in [0.29, 0.717) is 17.1 Å². The van der Waals surface area contributed by atoms with Gasteiger partial charge in [-0.15, -0.1) is 0 Å². The summed E-state index contributed by atoms with van der Waals surface area (Å²) in [6.07, 6.45) is 0. The average molecular weight is 343 g/mol. The average Bonchev–Trinajstić information content (AvgIpc) is 2.66. The molecule has 0 radical (unpaired) electrons. The summed E-state index contributed by atoms with van der Waals surface area (Å²) >= 11 is 0. The Morgan fingerprint density at radius 2 is 1.56 bits per heavy atom. The maximum absolute atomic E-state index is 12.3. The number of carbonyl (C=O) groups is 2. The lowest BCUT2D eigenvalue weighted by Gasteiger charge is -2.28. The zero-order valence-electron chi connectivity index (χ0n) is 14.4. The molecule has 132 valence electrons. The van der Waals surface area contributed by atoms with E-state index in [1.54, 1.807) is 55.5 Å². The molecule has 0 saturated heterocycles. The zero-order valence-corrected chi connectivity index (χ0v) is 14.4. The molecule has 2 rings (SSSR count). The van der Waals surface area contributed by atoms with Crippen molar-refractivity contribution in [2.75, 3.05) is 20.8 Å². The third-order valence-electron chi connectivity index (χ3n) is 3.76. The Balaban J connectivity index is 2.11. The molecule has 0 spiro atoms. The van der Waals surface area contributed by atoms with Gasteiger partial charge in [-0.05, 0) is 24.6 Å². The van der Waals surface area contributed by atoms with Crippen LogP contribution in [-0.4, -0.2) is 32.7 Å². The highest BCUT2D eigenvalue weighted by Crippen LogP contribution is 2.26. The Kier molecular flexibility index (Phi) is 6.00. The predicted molar refractivity (Wildman–Crippen MR) is 92.4 cm³/mol. The van der Waals surface area contributed by atoms with Crippen LogP contribution in [0.25, 0.3) is 0 Å². The fourth-order valence-electron chi connectivity index (χ4n) is 2.41. The molecule has 0 saturated carbocycles. The lowest BCUT2D eigenvalue weighted by atomic mass is 9.92. The van der Waals surface area contributed by atoms with Gasteiger partial charge in [0.1, 0.15) is 0 Å². The van der Waals surface area contributed by atoms with E-state index in [-0.39, 0.29) is 6.61 Å². The number of ether oxygens (including phenoxy) is 3. The van der Waals surface area contributed by atoms with Crippen LogP contribution in [0.15, 0.2) is 54.6 Å². The highest BCUT2D eigenvalue weighted by molar-refractivity contribution is 5.89. The molecule has 0 heterocycles. The molecule has 1 N–H and O–H groups in total. The maximum atomic E-state index is 12.3. The van der Waals surface area contributed by atoms with Crippen molar-refractivity contribution < 1.29 is 23.8 Å². The van der Waals surface area contributed by atoms with Crippen LogP contribution in [0.4, 0.5) is 0 Å². The molecular weight excluding hydrogens is 322 g/mol. The topological polar surface area (TPSA) is 73.9 Å². The molecule has 2 aromatic rings. The number of methoxy groups -OCH3 is 2. The van der Waals surface area contributed by atoms with Gasteiger partial charge in [0.25, 0.3) is 5.91 Å². The summed E-state index contributed by atoms with van der Waals surface area (Å²) in [7, 11) is 2.80. The summed E-state index contributed by atoms with van der Waals surface area (Å²) in [6.45, 7) is 1.33. The number of hydrogen-bond acceptors (Lipinski definition) is 5. The summed E-state index contributed by atoms with van der Waals surface area (Å²) in [5, 5.41) is 2.69. The second-order valence-electron chi connectivity index (χ2n) is 5.47. The first-order chi connectivity index (χ1) is 12.0. The molecule has 0 unspecified atom stereocenters. The molecule has 0 aromatic heterocycles. The summed E-state index contributed by atoms with van der Waals surface area (Å²) in [6, 6.07) is 15.9. The van der Waals surface area contributed by atoms with Crippen LogP contribution < -0.4 is 14.8 Å². The van der Waals surface area contributed by atoms with Crippen molar-refractivity contribution >= 4 is 11.9 Å². The fourth-order valence-corrected chi connectivity index (χ4v) is 2.41. The molecule has 6 nitrogen and oxygen atoms in total. The number of esters is 1. The van der Waals surface area contributed by atoms with E-state index < -0.39 is 17.4 Å². The summed E-state index contributed by atoms with van der Waals surface area (Å²) in [5.74, 6) is -0.0549. The number of nitrogens with one attached hydrogen (secondary N) is 1. The number of rotatable bonds is 7. The van der Waals surface area contributed by atoms with Gasteiger partial charge in [0, 0.05) is 0 Å². The minimum atomic E-state index is -1.31. The first kappa shape index (κ1) is 18.3. The SMILES string of the molecule is COC(=O)[C@](C)(NC(=O)COc1ccccc1OC)c1ccccc1. The molecule has 1 amide bonds. The zero-order chi connectivity index (χ0) is 18.3. The molecule has 0 aliphatic heterocycles. The largest absolute Gasteiger partial charge is 0.493 e. The van der Waals surface area contributed by atoms with Gasteiger partial charge in [-0.1, -0.05) is 42.5 Å². The van der Waals surface area contributed by atoms with E-state index in [0.717, 1.165) is 0 Å². The van der Waals surface area contributed by atoms with Crippen molar-refractivity contribution in [1.29, 1.82) is 0 Å². The number of benzene rings is 2. The van der Waals surface area contributed by atoms with Crippen LogP contribution in [-0.2, 0) is 19.9 Å². The smallest absolute Gasteiger partial charge is 0.336 e. The molecule has 6 heteroatoms. The highest BCUT2D eigenvalue weighted by Gasteiger charge is 2.38. The molecule has 1 atom stereocenters. The van der Waals surface area contributed by atoms with E-state index in [9.17, 15) is 9.59 Å². The van der Waals surface area contributed by atoms with Gasteiger partial charge in [-0.3, -0.25) is 4.79 Å². The minimum Gasteiger partial charge on any atom is -0.493 e. The van der Waals surface area contributed by atoms with E-state index in [1.165, 1.54) is 14.2 Å². The Morgan fingerprint density at radius 1 is 0.960 bits per heavy atom. The van der Waals surface area contributed by atoms with Crippen molar-refractivity contribution in [3.05, 3.63) is 60.2 Å². The van der Waals surface area contributed by atoms with Gasteiger partial charge in [0.15, 0.2) is 23.6 Å². The van der Waals surface area contributed by atoms with Gasteiger partial charge in [0.2, 0.25) is 0 Å². The van der Waals surface area contributed by atoms with E-state index in [1.807, 2.05) is 6.07 Å². The summed E-state index contributed by atoms with van der Waals surface area (Å²) in [5.41, 5.74) is -0.690. The molecule has 0 fully saturated rings. The van der Waals surface area contributed by atoms with Gasteiger partial charge in [-0.25, -0.2) is 4.79 Å². The van der Waals surface area contributed by atoms with Crippen LogP contribution in [0, 0.1) is 0 Å². The third-order valence-corrected chi connectivity index (χ3v) is 3.76. The number of para-hydroxylation sites is 2. The predicted octanol–water partition coefficient (Wildman–Crippen LogP) is 2.28. The lowest BCUT2D eigenvalue weighted by Crippen LogP contribution is -2.51. The first-order valence-electron chi connectivity index (χ1n) is 7.72.